The fourth-order valence-electron chi connectivity index (χ4n) is 6.99. The summed E-state index contributed by atoms with van der Waals surface area (Å²) in [5.74, 6) is -12.9. The van der Waals surface area contributed by atoms with Gasteiger partial charge in [-0.1, -0.05) is 31.2 Å². The van der Waals surface area contributed by atoms with Gasteiger partial charge in [0.25, 0.3) is 0 Å². The quantitative estimate of drug-likeness (QED) is 0.380. The van der Waals surface area contributed by atoms with E-state index in [4.69, 9.17) is 10.5 Å². The highest BCUT2D eigenvalue weighted by atomic mass is 16.5. The van der Waals surface area contributed by atoms with Crippen LogP contribution >= 0.6 is 0 Å². The van der Waals surface area contributed by atoms with Crippen LogP contribution in [-0.2, 0) is 19.2 Å². The van der Waals surface area contributed by atoms with E-state index in [2.05, 4.69) is 0 Å². The van der Waals surface area contributed by atoms with Crippen molar-refractivity contribution in [2.24, 2.45) is 29.4 Å². The second kappa shape index (κ2) is 9.33. The van der Waals surface area contributed by atoms with E-state index in [1.54, 1.807) is 43.3 Å². The normalized spacial score (nSPS) is 33.3. The molecule has 2 unspecified atom stereocenters. The minimum atomic E-state index is -3.03. The van der Waals surface area contributed by atoms with Gasteiger partial charge in [-0.05, 0) is 43.3 Å². The average Bonchev–Trinajstić information content (AvgIpc) is 2.90. The van der Waals surface area contributed by atoms with E-state index < -0.39 is 76.4 Å². The minimum Gasteiger partial charge on any atom is -0.507 e. The summed E-state index contributed by atoms with van der Waals surface area (Å²) in [6.07, 6.45) is -1.67. The Morgan fingerprint density at radius 2 is 1.65 bits per heavy atom. The Kier molecular flexibility index (Phi) is 6.44. The number of aromatic hydroxyl groups is 1. The number of hydrogen-bond acceptors (Lipinski definition) is 10. The lowest BCUT2D eigenvalue weighted by atomic mass is 9.49. The highest BCUT2D eigenvalue weighted by molar-refractivity contribution is 6.32. The molecule has 11 nitrogen and oxygen atoms in total. The van der Waals surface area contributed by atoms with Gasteiger partial charge in [-0.2, -0.15) is 0 Å². The predicted octanol–water partition coefficient (Wildman–Crippen LogP) is 0.0744. The summed E-state index contributed by atoms with van der Waals surface area (Å²) in [7, 11) is 4.41. The van der Waals surface area contributed by atoms with E-state index in [1.807, 2.05) is 0 Å². The minimum absolute atomic E-state index is 0.153. The van der Waals surface area contributed by atoms with Crippen LogP contribution in [0.5, 0.6) is 11.5 Å². The summed E-state index contributed by atoms with van der Waals surface area (Å²) in [5, 5.41) is 34.7. The highest BCUT2D eigenvalue weighted by Crippen LogP contribution is 2.55. The van der Waals surface area contributed by atoms with Gasteiger partial charge in [-0.3, -0.25) is 28.9 Å². The maximum atomic E-state index is 14.0. The molecule has 0 bridgehead atoms. The molecule has 0 radical (unpaired) electrons. The summed E-state index contributed by atoms with van der Waals surface area (Å²) in [6.45, 7) is 1.67. The van der Waals surface area contributed by atoms with E-state index in [9.17, 15) is 39.3 Å². The summed E-state index contributed by atoms with van der Waals surface area (Å²) >= 11 is 0. The smallest absolute Gasteiger partial charge is 0.235 e. The number of ether oxygens (including phenoxy) is 1. The van der Waals surface area contributed by atoms with Crippen LogP contribution < -0.4 is 10.5 Å². The molecule has 5 N–H and O–H groups in total. The lowest BCUT2D eigenvalue weighted by Crippen LogP contribution is -2.77. The van der Waals surface area contributed by atoms with Crippen LogP contribution in [0.15, 0.2) is 36.4 Å². The Balaban J connectivity index is 1.68. The number of fused-ring (bicyclic) bond motifs is 3. The molecule has 40 heavy (non-hydrogen) atoms. The van der Waals surface area contributed by atoms with E-state index in [0.717, 1.165) is 0 Å². The molecule has 210 valence electrons. The van der Waals surface area contributed by atoms with Crippen LogP contribution in [0.2, 0.25) is 0 Å². The molecule has 0 aliphatic heterocycles. The van der Waals surface area contributed by atoms with Gasteiger partial charge in [0.2, 0.25) is 5.91 Å². The summed E-state index contributed by atoms with van der Waals surface area (Å²) in [4.78, 5) is 68.1. The topological polar surface area (TPSA) is 185 Å². The largest absolute Gasteiger partial charge is 0.507 e. The first-order valence-electron chi connectivity index (χ1n) is 12.8. The number of benzene rings is 2. The lowest BCUT2D eigenvalue weighted by Gasteiger charge is -2.56. The number of methoxy groups -OCH3 is 1. The number of phenols is 1. The molecule has 2 fully saturated rings. The van der Waals surface area contributed by atoms with Gasteiger partial charge in [-0.25, -0.2) is 0 Å². The molecule has 5 rings (SSSR count). The van der Waals surface area contributed by atoms with Gasteiger partial charge in [0, 0.05) is 11.5 Å². The SMILES string of the molecule is COc1ccc(-c2ccc3c(c2O)C(=O)C2C(=O)[C@]4(O)C(=O)C(C(N)=O)C(=O)[C@@H](N(C)C)[C@@H]4[C@@H](O)[C@@H]2[C@H]3C)cc1. The zero-order chi connectivity index (χ0) is 29.4. The molecule has 0 spiro atoms. The molecule has 3 aliphatic rings. The lowest BCUT2D eigenvalue weighted by molar-refractivity contribution is -0.196. The van der Waals surface area contributed by atoms with E-state index in [-0.39, 0.29) is 11.3 Å². The summed E-state index contributed by atoms with van der Waals surface area (Å²) in [5.41, 5.74) is 3.40. The van der Waals surface area contributed by atoms with Crippen molar-refractivity contribution in [1.29, 1.82) is 0 Å². The number of carbonyl (C=O) groups is 5. The number of nitrogens with zero attached hydrogens (tertiary/aromatic N) is 1. The van der Waals surface area contributed by atoms with Crippen molar-refractivity contribution < 1.29 is 44.0 Å². The van der Waals surface area contributed by atoms with Crippen molar-refractivity contribution in [2.75, 3.05) is 21.2 Å². The number of Topliss-reactive ketones (excluding diaryl/α,β-unsaturated/α-hetero) is 4. The maximum Gasteiger partial charge on any atom is 0.235 e. The molecule has 1 amide bonds. The van der Waals surface area contributed by atoms with Crippen molar-refractivity contribution in [3.05, 3.63) is 47.5 Å². The van der Waals surface area contributed by atoms with Crippen LogP contribution in [0, 0.1) is 23.7 Å². The molecular weight excluding hydrogens is 520 g/mol. The third-order valence-corrected chi connectivity index (χ3v) is 8.89. The van der Waals surface area contributed by atoms with Gasteiger partial charge in [0.15, 0.2) is 34.7 Å². The van der Waals surface area contributed by atoms with E-state index >= 15 is 0 Å². The predicted molar refractivity (Wildman–Crippen MR) is 139 cm³/mol. The molecule has 0 aromatic heterocycles. The number of amides is 1. The molecule has 2 aromatic carbocycles. The molecule has 0 heterocycles. The number of likely N-dealkylation sites (N-methyl/N-ethyl adjacent to an activating group) is 1. The zero-order valence-electron chi connectivity index (χ0n) is 22.3. The average molecular weight is 551 g/mol. The first kappa shape index (κ1) is 27.6. The fraction of sp³-hybridized carbons (Fsp3) is 0.414. The Labute approximate surface area is 229 Å². The summed E-state index contributed by atoms with van der Waals surface area (Å²) in [6, 6.07) is 8.58. The van der Waals surface area contributed by atoms with Crippen LogP contribution in [0.3, 0.4) is 0 Å². The van der Waals surface area contributed by atoms with Gasteiger partial charge in [0.05, 0.1) is 36.7 Å². The maximum absolute atomic E-state index is 14.0. The number of aliphatic hydroxyl groups excluding tert-OH is 1. The van der Waals surface area contributed by atoms with Crippen molar-refractivity contribution in [3.63, 3.8) is 0 Å². The molecule has 0 saturated heterocycles. The number of carbonyl (C=O) groups excluding carboxylic acids is 5. The molecule has 8 atom stereocenters. The second-order valence-corrected chi connectivity index (χ2v) is 11.0. The monoisotopic (exact) mass is 550 g/mol. The van der Waals surface area contributed by atoms with Gasteiger partial charge < -0.3 is 25.8 Å². The van der Waals surface area contributed by atoms with E-state index in [0.29, 0.717) is 22.4 Å². The Hall–Kier alpha value is -3.93. The highest BCUT2D eigenvalue weighted by Gasteiger charge is 2.72. The summed E-state index contributed by atoms with van der Waals surface area (Å²) < 4.78 is 5.17. The number of primary amides is 1. The second-order valence-electron chi connectivity index (χ2n) is 11.0. The van der Waals surface area contributed by atoms with Crippen molar-refractivity contribution >= 4 is 29.0 Å². The first-order valence-corrected chi connectivity index (χ1v) is 12.8. The van der Waals surface area contributed by atoms with Crippen LogP contribution in [-0.4, -0.2) is 88.2 Å². The third-order valence-electron chi connectivity index (χ3n) is 8.89. The standard InChI is InChI=1S/C29H30N2O9/c1-11-14-9-10-15(12-5-7-13(40-4)8-6-12)22(32)17(14)23(33)18-16(11)24(34)20-21(31(2)3)25(35)19(28(30)38)27(37)29(20,39)26(18)36/h5-11,16,18-21,24,32,34,39H,1-4H3,(H2,30,38)/t11-,16+,18?,19?,20+,21-,24-,29-/m0/s1. The van der Waals surface area contributed by atoms with Crippen molar-refractivity contribution in [2.45, 2.75) is 30.6 Å². The molecular formula is C29H30N2O9. The number of phenolic OH excluding ortho intramolecular Hbond substituents is 1. The van der Waals surface area contributed by atoms with Crippen LogP contribution in [0.1, 0.15) is 28.8 Å². The fourth-order valence-corrected chi connectivity index (χ4v) is 6.99. The van der Waals surface area contributed by atoms with Gasteiger partial charge >= 0.3 is 0 Å². The molecule has 11 heteroatoms. The van der Waals surface area contributed by atoms with Crippen molar-refractivity contribution in [1.82, 2.24) is 4.90 Å². The van der Waals surface area contributed by atoms with Crippen molar-refractivity contribution in [3.8, 4) is 22.6 Å². The first-order chi connectivity index (χ1) is 18.8. The third kappa shape index (κ3) is 3.51. The Bertz CT molecular complexity index is 1470. The van der Waals surface area contributed by atoms with Gasteiger partial charge in [0.1, 0.15) is 11.5 Å². The van der Waals surface area contributed by atoms with Crippen LogP contribution in [0.4, 0.5) is 0 Å². The number of aliphatic hydroxyl groups is 2. The number of hydrogen-bond donors (Lipinski definition) is 4. The zero-order valence-corrected chi connectivity index (χ0v) is 22.3. The van der Waals surface area contributed by atoms with Crippen LogP contribution in [0.25, 0.3) is 11.1 Å². The number of ketones is 4. The number of nitrogens with two attached hydrogens (primary N) is 1. The van der Waals surface area contributed by atoms with E-state index in [1.165, 1.54) is 26.1 Å². The molecule has 3 aliphatic carbocycles. The Morgan fingerprint density at radius 3 is 2.20 bits per heavy atom. The molecule has 2 aromatic rings. The number of rotatable bonds is 4. The Morgan fingerprint density at radius 1 is 1.02 bits per heavy atom. The molecule has 2 saturated carbocycles. The van der Waals surface area contributed by atoms with Gasteiger partial charge in [-0.15, -0.1) is 0 Å².